The van der Waals surface area contributed by atoms with Crippen molar-refractivity contribution in [3.05, 3.63) is 0 Å². The minimum absolute atomic E-state index is 0.984. The molecule has 0 heteroatoms. The van der Waals surface area contributed by atoms with E-state index in [4.69, 9.17) is 0 Å². The van der Waals surface area contributed by atoms with E-state index in [1.165, 1.54) is 36.5 Å². The van der Waals surface area contributed by atoms with Crippen LogP contribution in [0.15, 0.2) is 0 Å². The van der Waals surface area contributed by atoms with Crippen LogP contribution >= 0.6 is 0 Å². The molecule has 0 heterocycles. The quantitative estimate of drug-likeness (QED) is 0.649. The minimum atomic E-state index is 0.984. The Morgan fingerprint density at radius 2 is 1.26 bits per heavy atom. The molecular weight excluding hydrogens is 228 g/mol. The zero-order chi connectivity index (χ0) is 13.3. The normalized spacial score (nSPS) is 56.8. The standard InChI is InChI=1S/C19H32/c1-5-10(3)14-9-15(11(4)6-2)19-17(14)12-7-8-13-16(12)18(13)19/h10-19H,5-9H2,1-4H3. The summed E-state index contributed by atoms with van der Waals surface area (Å²) in [6.45, 7) is 9.95. The molecule has 4 fully saturated rings. The molecule has 10 unspecified atom stereocenters. The van der Waals surface area contributed by atoms with Crippen molar-refractivity contribution in [3.63, 3.8) is 0 Å². The summed E-state index contributed by atoms with van der Waals surface area (Å²) >= 11 is 0. The average Bonchev–Trinajstić information content (AvgIpc) is 2.78. The van der Waals surface area contributed by atoms with Gasteiger partial charge >= 0.3 is 0 Å². The van der Waals surface area contributed by atoms with Gasteiger partial charge in [0, 0.05) is 0 Å². The molecular formula is C19H32. The fraction of sp³-hybridized carbons (Fsp3) is 1.00. The summed E-state index contributed by atoms with van der Waals surface area (Å²) in [6.07, 6.45) is 7.62. The first-order chi connectivity index (χ1) is 9.19. The van der Waals surface area contributed by atoms with Crippen LogP contribution in [-0.4, -0.2) is 0 Å². The third-order valence-electron chi connectivity index (χ3n) is 8.29. The van der Waals surface area contributed by atoms with Gasteiger partial charge in [-0.1, -0.05) is 40.5 Å². The van der Waals surface area contributed by atoms with Gasteiger partial charge in [-0.15, -0.1) is 0 Å². The molecule has 0 aromatic carbocycles. The zero-order valence-electron chi connectivity index (χ0n) is 13.3. The third kappa shape index (κ3) is 1.52. The minimum Gasteiger partial charge on any atom is -0.0651 e. The van der Waals surface area contributed by atoms with E-state index >= 15 is 0 Å². The van der Waals surface area contributed by atoms with Crippen LogP contribution in [0.4, 0.5) is 0 Å². The van der Waals surface area contributed by atoms with Crippen LogP contribution in [0.25, 0.3) is 0 Å². The Morgan fingerprint density at radius 1 is 0.737 bits per heavy atom. The molecule has 4 aliphatic carbocycles. The Balaban J connectivity index is 1.64. The lowest BCUT2D eigenvalue weighted by atomic mass is 9.75. The summed E-state index contributed by atoms with van der Waals surface area (Å²) in [7, 11) is 0. The van der Waals surface area contributed by atoms with Crippen LogP contribution in [0.2, 0.25) is 0 Å². The molecule has 108 valence electrons. The Bertz CT molecular complexity index is 343. The van der Waals surface area contributed by atoms with E-state index < -0.39 is 0 Å². The molecule has 4 saturated carbocycles. The molecule has 4 aliphatic rings. The van der Waals surface area contributed by atoms with Gasteiger partial charge in [0.25, 0.3) is 0 Å². The van der Waals surface area contributed by atoms with Gasteiger partial charge in [0.1, 0.15) is 0 Å². The highest BCUT2D eigenvalue weighted by molar-refractivity contribution is 5.21. The summed E-state index contributed by atoms with van der Waals surface area (Å²) in [4.78, 5) is 0. The zero-order valence-corrected chi connectivity index (χ0v) is 13.3. The summed E-state index contributed by atoms with van der Waals surface area (Å²) in [5.74, 6) is 11.3. The van der Waals surface area contributed by atoms with Crippen LogP contribution in [0.3, 0.4) is 0 Å². The molecule has 0 bridgehead atoms. The summed E-state index contributed by atoms with van der Waals surface area (Å²) in [6, 6.07) is 0. The Kier molecular flexibility index (Phi) is 2.84. The molecule has 0 saturated heterocycles. The lowest BCUT2D eigenvalue weighted by Gasteiger charge is -2.30. The van der Waals surface area contributed by atoms with Crippen molar-refractivity contribution >= 4 is 0 Å². The van der Waals surface area contributed by atoms with E-state index in [0.717, 1.165) is 35.5 Å². The van der Waals surface area contributed by atoms with Gasteiger partial charge in [-0.05, 0) is 78.4 Å². The predicted molar refractivity (Wildman–Crippen MR) is 80.7 cm³/mol. The van der Waals surface area contributed by atoms with Gasteiger partial charge in [0.15, 0.2) is 0 Å². The predicted octanol–water partition coefficient (Wildman–Crippen LogP) is 5.23. The molecule has 0 aromatic heterocycles. The third-order valence-corrected chi connectivity index (χ3v) is 8.29. The van der Waals surface area contributed by atoms with E-state index in [9.17, 15) is 0 Å². The molecule has 0 aliphatic heterocycles. The molecule has 0 aromatic rings. The number of hydrogen-bond acceptors (Lipinski definition) is 0. The largest absolute Gasteiger partial charge is 0.0651 e. The van der Waals surface area contributed by atoms with Crippen molar-refractivity contribution in [2.45, 2.75) is 59.8 Å². The second-order valence-corrected chi connectivity index (χ2v) is 8.55. The van der Waals surface area contributed by atoms with Gasteiger partial charge in [-0.3, -0.25) is 0 Å². The van der Waals surface area contributed by atoms with E-state index in [1.807, 2.05) is 0 Å². The fourth-order valence-corrected chi connectivity index (χ4v) is 7.16. The average molecular weight is 260 g/mol. The van der Waals surface area contributed by atoms with Crippen LogP contribution in [0.5, 0.6) is 0 Å². The first-order valence-electron chi connectivity index (χ1n) is 9.19. The molecule has 10 atom stereocenters. The van der Waals surface area contributed by atoms with Crippen molar-refractivity contribution in [2.24, 2.45) is 59.2 Å². The van der Waals surface area contributed by atoms with Crippen molar-refractivity contribution < 1.29 is 0 Å². The molecule has 19 heavy (non-hydrogen) atoms. The van der Waals surface area contributed by atoms with Crippen molar-refractivity contribution in [1.82, 2.24) is 0 Å². The maximum Gasteiger partial charge on any atom is -0.0315 e. The van der Waals surface area contributed by atoms with Gasteiger partial charge in [-0.2, -0.15) is 0 Å². The first-order valence-corrected chi connectivity index (χ1v) is 9.19. The van der Waals surface area contributed by atoms with E-state index in [0.29, 0.717) is 0 Å². The highest BCUT2D eigenvalue weighted by Gasteiger charge is 2.73. The van der Waals surface area contributed by atoms with Crippen LogP contribution in [0, 0.1) is 59.2 Å². The molecule has 0 nitrogen and oxygen atoms in total. The van der Waals surface area contributed by atoms with E-state index in [2.05, 4.69) is 27.7 Å². The molecule has 0 amide bonds. The van der Waals surface area contributed by atoms with Crippen LogP contribution in [-0.2, 0) is 0 Å². The number of hydrogen-bond donors (Lipinski definition) is 0. The van der Waals surface area contributed by atoms with Crippen molar-refractivity contribution in [1.29, 1.82) is 0 Å². The lowest BCUT2D eigenvalue weighted by Crippen LogP contribution is -2.25. The smallest absolute Gasteiger partial charge is 0.0315 e. The number of fused-ring (bicyclic) bond motifs is 4. The van der Waals surface area contributed by atoms with Gasteiger partial charge in [0.05, 0.1) is 0 Å². The summed E-state index contributed by atoms with van der Waals surface area (Å²) in [5, 5.41) is 0. The SMILES string of the molecule is CCC(C)C1CC(C(C)CC)C2C1C1CCC3C1C32. The van der Waals surface area contributed by atoms with Crippen LogP contribution in [0.1, 0.15) is 59.8 Å². The molecule has 0 spiro atoms. The maximum atomic E-state index is 2.55. The summed E-state index contributed by atoms with van der Waals surface area (Å²) < 4.78 is 0. The number of rotatable bonds is 4. The monoisotopic (exact) mass is 260 g/mol. The first kappa shape index (κ1) is 12.7. The molecule has 0 radical (unpaired) electrons. The lowest BCUT2D eigenvalue weighted by molar-refractivity contribution is 0.177. The highest BCUT2D eigenvalue weighted by Crippen LogP contribution is 2.78. The topological polar surface area (TPSA) is 0 Å². The van der Waals surface area contributed by atoms with Crippen molar-refractivity contribution in [2.75, 3.05) is 0 Å². The second kappa shape index (κ2) is 4.25. The maximum absolute atomic E-state index is 2.55. The van der Waals surface area contributed by atoms with Gasteiger partial charge in [-0.25, -0.2) is 0 Å². The van der Waals surface area contributed by atoms with Crippen molar-refractivity contribution in [3.8, 4) is 0 Å². The van der Waals surface area contributed by atoms with E-state index in [-0.39, 0.29) is 0 Å². The Morgan fingerprint density at radius 3 is 1.84 bits per heavy atom. The fourth-order valence-electron chi connectivity index (χ4n) is 7.16. The summed E-state index contributed by atoms with van der Waals surface area (Å²) in [5.41, 5.74) is 0. The molecule has 4 rings (SSSR count). The Hall–Kier alpha value is 0. The molecule has 0 N–H and O–H groups in total. The van der Waals surface area contributed by atoms with Crippen LogP contribution < -0.4 is 0 Å². The van der Waals surface area contributed by atoms with Gasteiger partial charge in [0.2, 0.25) is 0 Å². The second-order valence-electron chi connectivity index (χ2n) is 8.55. The van der Waals surface area contributed by atoms with E-state index in [1.54, 1.807) is 19.3 Å². The van der Waals surface area contributed by atoms with Gasteiger partial charge < -0.3 is 0 Å². The Labute approximate surface area is 119 Å². The highest BCUT2D eigenvalue weighted by atomic mass is 14.8.